The van der Waals surface area contributed by atoms with E-state index in [0.717, 1.165) is 13.0 Å². The largest absolute Gasteiger partial charge is 0.472 e. The molecular weight excluding hydrogens is 220 g/mol. The van der Waals surface area contributed by atoms with E-state index in [0.29, 0.717) is 18.1 Å². The van der Waals surface area contributed by atoms with E-state index >= 15 is 0 Å². The predicted octanol–water partition coefficient (Wildman–Crippen LogP) is 0.951. The summed E-state index contributed by atoms with van der Waals surface area (Å²) in [7, 11) is 3.42. The molecule has 0 spiro atoms. The van der Waals surface area contributed by atoms with Crippen LogP contribution < -0.4 is 4.74 Å². The minimum atomic E-state index is -0.0618. The first-order valence-corrected chi connectivity index (χ1v) is 5.59. The Bertz CT molecular complexity index is 383. The minimum Gasteiger partial charge on any atom is -0.472 e. The number of carbonyl (C=O) groups is 1. The lowest BCUT2D eigenvalue weighted by Crippen LogP contribution is -2.22. The lowest BCUT2D eigenvalue weighted by molar-refractivity contribution is 0.0827. The maximum atomic E-state index is 11.6. The molecule has 0 bridgehead atoms. The first-order chi connectivity index (χ1) is 8.16. The van der Waals surface area contributed by atoms with Crippen LogP contribution in [-0.2, 0) is 4.74 Å². The van der Waals surface area contributed by atoms with Gasteiger partial charge in [-0.25, -0.2) is 4.98 Å². The van der Waals surface area contributed by atoms with Crippen molar-refractivity contribution in [2.45, 2.75) is 12.5 Å². The van der Waals surface area contributed by atoms with Crippen molar-refractivity contribution in [2.75, 3.05) is 27.3 Å². The Balaban J connectivity index is 1.99. The Morgan fingerprint density at radius 1 is 1.53 bits per heavy atom. The summed E-state index contributed by atoms with van der Waals surface area (Å²) < 4.78 is 10.8. The van der Waals surface area contributed by atoms with Crippen molar-refractivity contribution < 1.29 is 14.3 Å². The third kappa shape index (κ3) is 2.94. The Labute approximate surface area is 100 Å². The fraction of sp³-hybridized carbons (Fsp3) is 0.500. The zero-order valence-corrected chi connectivity index (χ0v) is 10.0. The van der Waals surface area contributed by atoms with Gasteiger partial charge >= 0.3 is 0 Å². The summed E-state index contributed by atoms with van der Waals surface area (Å²) in [5, 5.41) is 0. The van der Waals surface area contributed by atoms with Gasteiger partial charge in [-0.05, 0) is 6.07 Å². The van der Waals surface area contributed by atoms with Gasteiger partial charge in [-0.15, -0.1) is 0 Å². The van der Waals surface area contributed by atoms with Crippen molar-refractivity contribution in [1.82, 2.24) is 9.88 Å². The molecule has 2 rings (SSSR count). The van der Waals surface area contributed by atoms with Crippen LogP contribution in [0.15, 0.2) is 18.3 Å². The summed E-state index contributed by atoms with van der Waals surface area (Å²) >= 11 is 0. The number of aromatic nitrogens is 1. The van der Waals surface area contributed by atoms with Crippen LogP contribution in [0.2, 0.25) is 0 Å². The highest BCUT2D eigenvalue weighted by atomic mass is 16.5. The molecule has 0 aliphatic carbocycles. The van der Waals surface area contributed by atoms with Crippen molar-refractivity contribution in [2.24, 2.45) is 0 Å². The van der Waals surface area contributed by atoms with Crippen LogP contribution >= 0.6 is 0 Å². The molecule has 1 fully saturated rings. The van der Waals surface area contributed by atoms with Crippen molar-refractivity contribution >= 4 is 5.91 Å². The highest BCUT2D eigenvalue weighted by Gasteiger charge is 2.17. The zero-order chi connectivity index (χ0) is 12.3. The first-order valence-electron chi connectivity index (χ1n) is 5.59. The molecule has 1 aromatic rings. The molecule has 1 saturated heterocycles. The molecule has 0 saturated carbocycles. The number of carbonyl (C=O) groups excluding carboxylic acids is 1. The van der Waals surface area contributed by atoms with Crippen LogP contribution in [0.4, 0.5) is 0 Å². The summed E-state index contributed by atoms with van der Waals surface area (Å²) in [6, 6.07) is 3.44. The van der Waals surface area contributed by atoms with Gasteiger partial charge in [0.1, 0.15) is 6.10 Å². The van der Waals surface area contributed by atoms with E-state index in [1.165, 1.54) is 11.1 Å². The molecule has 1 atom stereocenters. The number of nitrogens with zero attached hydrogens (tertiary/aromatic N) is 2. The van der Waals surface area contributed by atoms with Gasteiger partial charge in [0.15, 0.2) is 0 Å². The van der Waals surface area contributed by atoms with E-state index < -0.39 is 0 Å². The number of pyridine rings is 1. The maximum absolute atomic E-state index is 11.6. The normalized spacial score (nSPS) is 19.1. The van der Waals surface area contributed by atoms with E-state index in [4.69, 9.17) is 9.47 Å². The van der Waals surface area contributed by atoms with Crippen LogP contribution in [0.25, 0.3) is 0 Å². The number of ether oxygens (including phenoxy) is 2. The summed E-state index contributed by atoms with van der Waals surface area (Å²) in [6.07, 6.45) is 2.51. The van der Waals surface area contributed by atoms with Gasteiger partial charge in [0.05, 0.1) is 18.8 Å². The van der Waals surface area contributed by atoms with Crippen molar-refractivity contribution in [3.05, 3.63) is 23.9 Å². The summed E-state index contributed by atoms with van der Waals surface area (Å²) in [6.45, 7) is 1.35. The average molecular weight is 236 g/mol. The Morgan fingerprint density at radius 2 is 2.35 bits per heavy atom. The topological polar surface area (TPSA) is 51.7 Å². The van der Waals surface area contributed by atoms with Crippen molar-refractivity contribution in [1.29, 1.82) is 0 Å². The highest BCUT2D eigenvalue weighted by molar-refractivity contribution is 5.93. The fourth-order valence-electron chi connectivity index (χ4n) is 1.61. The standard InChI is InChI=1S/C12H16N2O3/c1-14(2)12(15)9-3-4-11(13-7-9)17-10-5-6-16-8-10/h3-4,7,10H,5-6,8H2,1-2H3/t10-/m0/s1. The Hall–Kier alpha value is -1.62. The molecule has 0 N–H and O–H groups in total. The molecule has 5 nitrogen and oxygen atoms in total. The number of hydrogen-bond donors (Lipinski definition) is 0. The second-order valence-corrected chi connectivity index (χ2v) is 4.19. The van der Waals surface area contributed by atoms with Crippen LogP contribution in [0, 0.1) is 0 Å². The lowest BCUT2D eigenvalue weighted by atomic mass is 10.2. The average Bonchev–Trinajstić information content (AvgIpc) is 2.82. The zero-order valence-electron chi connectivity index (χ0n) is 10.0. The van der Waals surface area contributed by atoms with Gasteiger partial charge in [0, 0.05) is 32.8 Å². The minimum absolute atomic E-state index is 0.0618. The van der Waals surface area contributed by atoms with Gasteiger partial charge in [0.2, 0.25) is 5.88 Å². The van der Waals surface area contributed by atoms with Gasteiger partial charge in [0.25, 0.3) is 5.91 Å². The SMILES string of the molecule is CN(C)C(=O)c1ccc(O[C@H]2CCOC2)nc1. The second-order valence-electron chi connectivity index (χ2n) is 4.19. The summed E-state index contributed by atoms with van der Waals surface area (Å²) in [4.78, 5) is 17.3. The van der Waals surface area contributed by atoms with Crippen molar-refractivity contribution in [3.8, 4) is 5.88 Å². The molecule has 1 aliphatic heterocycles. The number of rotatable bonds is 3. The van der Waals surface area contributed by atoms with Gasteiger partial charge in [-0.1, -0.05) is 0 Å². The van der Waals surface area contributed by atoms with Crippen LogP contribution in [0.1, 0.15) is 16.8 Å². The third-order valence-corrected chi connectivity index (χ3v) is 2.56. The summed E-state index contributed by atoms with van der Waals surface area (Å²) in [5.74, 6) is 0.476. The summed E-state index contributed by atoms with van der Waals surface area (Å²) in [5.41, 5.74) is 0.560. The van der Waals surface area contributed by atoms with Crippen LogP contribution in [-0.4, -0.2) is 49.2 Å². The molecule has 1 aromatic heterocycles. The quantitative estimate of drug-likeness (QED) is 0.784. The molecule has 92 valence electrons. The number of amides is 1. The highest BCUT2D eigenvalue weighted by Crippen LogP contribution is 2.15. The Morgan fingerprint density at radius 3 is 2.88 bits per heavy atom. The van der Waals surface area contributed by atoms with Gasteiger partial charge in [-0.2, -0.15) is 0 Å². The van der Waals surface area contributed by atoms with E-state index in [9.17, 15) is 4.79 Å². The molecule has 1 aliphatic rings. The molecule has 17 heavy (non-hydrogen) atoms. The molecule has 0 unspecified atom stereocenters. The van der Waals surface area contributed by atoms with Gasteiger partial charge in [-0.3, -0.25) is 4.79 Å². The first kappa shape index (κ1) is 11.9. The van der Waals surface area contributed by atoms with Gasteiger partial charge < -0.3 is 14.4 Å². The van der Waals surface area contributed by atoms with E-state index in [2.05, 4.69) is 4.98 Å². The fourth-order valence-corrected chi connectivity index (χ4v) is 1.61. The molecule has 5 heteroatoms. The lowest BCUT2D eigenvalue weighted by Gasteiger charge is -2.12. The van der Waals surface area contributed by atoms with Crippen molar-refractivity contribution in [3.63, 3.8) is 0 Å². The Kier molecular flexibility index (Phi) is 3.58. The van der Waals surface area contributed by atoms with Crippen LogP contribution in [0.5, 0.6) is 5.88 Å². The van der Waals surface area contributed by atoms with E-state index in [1.54, 1.807) is 26.2 Å². The molecule has 0 aromatic carbocycles. The van der Waals surface area contributed by atoms with Crippen LogP contribution in [0.3, 0.4) is 0 Å². The van der Waals surface area contributed by atoms with E-state index in [-0.39, 0.29) is 12.0 Å². The monoisotopic (exact) mass is 236 g/mol. The molecule has 0 radical (unpaired) electrons. The van der Waals surface area contributed by atoms with E-state index in [1.807, 2.05) is 0 Å². The predicted molar refractivity (Wildman–Crippen MR) is 62.1 cm³/mol. The molecule has 1 amide bonds. The molecule has 2 heterocycles. The maximum Gasteiger partial charge on any atom is 0.254 e. The molecular formula is C12H16N2O3. The third-order valence-electron chi connectivity index (χ3n) is 2.56. The second kappa shape index (κ2) is 5.14. The smallest absolute Gasteiger partial charge is 0.254 e. The number of hydrogen-bond acceptors (Lipinski definition) is 4.